The van der Waals surface area contributed by atoms with E-state index in [9.17, 15) is 9.90 Å². The number of aliphatic hydroxyl groups excluding tert-OH is 1. The number of amides is 1. The van der Waals surface area contributed by atoms with Crippen molar-refractivity contribution < 1.29 is 14.6 Å². The Morgan fingerprint density at radius 3 is 2.81 bits per heavy atom. The number of carbonyl (C=O) groups is 1. The van der Waals surface area contributed by atoms with Crippen molar-refractivity contribution in [1.29, 1.82) is 0 Å². The molecule has 0 aromatic rings. The van der Waals surface area contributed by atoms with Crippen LogP contribution in [0.5, 0.6) is 0 Å². The predicted molar refractivity (Wildman–Crippen MR) is 62.1 cm³/mol. The van der Waals surface area contributed by atoms with Gasteiger partial charge in [-0.15, -0.1) is 0 Å². The lowest BCUT2D eigenvalue weighted by molar-refractivity contribution is -0.122. The maximum atomic E-state index is 11.5. The standard InChI is InChI=1S/C12H23NO3/c1-9(2)16-8-4-7-12(15)13-10-5-3-6-11(10)14/h9-11,14H,3-8H2,1-2H3,(H,13,15)/t10-,11+/m0/s1. The summed E-state index contributed by atoms with van der Waals surface area (Å²) in [5, 5.41) is 12.4. The second kappa shape index (κ2) is 6.86. The molecule has 4 nitrogen and oxygen atoms in total. The summed E-state index contributed by atoms with van der Waals surface area (Å²) in [5.41, 5.74) is 0. The van der Waals surface area contributed by atoms with E-state index >= 15 is 0 Å². The van der Waals surface area contributed by atoms with Crippen molar-refractivity contribution in [1.82, 2.24) is 5.32 Å². The molecule has 1 fully saturated rings. The minimum atomic E-state index is -0.351. The summed E-state index contributed by atoms with van der Waals surface area (Å²) in [5.74, 6) is 0.0262. The van der Waals surface area contributed by atoms with E-state index in [0.717, 1.165) is 25.7 Å². The van der Waals surface area contributed by atoms with E-state index in [-0.39, 0.29) is 24.2 Å². The molecule has 1 amide bonds. The summed E-state index contributed by atoms with van der Waals surface area (Å²) in [6, 6.07) is -0.0292. The lowest BCUT2D eigenvalue weighted by Gasteiger charge is -2.16. The van der Waals surface area contributed by atoms with Gasteiger partial charge < -0.3 is 15.2 Å². The summed E-state index contributed by atoms with van der Waals surface area (Å²) in [7, 11) is 0. The largest absolute Gasteiger partial charge is 0.391 e. The second-order valence-electron chi connectivity index (χ2n) is 4.70. The molecule has 0 bridgehead atoms. The van der Waals surface area contributed by atoms with Gasteiger partial charge in [-0.1, -0.05) is 0 Å². The first-order chi connectivity index (χ1) is 7.59. The highest BCUT2D eigenvalue weighted by Gasteiger charge is 2.26. The maximum Gasteiger partial charge on any atom is 0.220 e. The summed E-state index contributed by atoms with van der Waals surface area (Å²) in [4.78, 5) is 11.5. The fraction of sp³-hybridized carbons (Fsp3) is 0.917. The Morgan fingerprint density at radius 1 is 1.50 bits per heavy atom. The van der Waals surface area contributed by atoms with Gasteiger partial charge in [0.15, 0.2) is 0 Å². The SMILES string of the molecule is CC(C)OCCCC(=O)N[C@H]1CCC[C@H]1O. The van der Waals surface area contributed by atoms with Crippen LogP contribution in [0, 0.1) is 0 Å². The van der Waals surface area contributed by atoms with Crippen molar-refractivity contribution >= 4 is 5.91 Å². The minimum Gasteiger partial charge on any atom is -0.391 e. The number of ether oxygens (including phenoxy) is 1. The quantitative estimate of drug-likeness (QED) is 0.673. The van der Waals surface area contributed by atoms with Crippen LogP contribution in [-0.4, -0.2) is 35.9 Å². The molecule has 0 unspecified atom stereocenters. The molecule has 2 N–H and O–H groups in total. The number of rotatable bonds is 6. The molecule has 94 valence electrons. The van der Waals surface area contributed by atoms with Crippen molar-refractivity contribution in [3.05, 3.63) is 0 Å². The molecule has 1 saturated carbocycles. The smallest absolute Gasteiger partial charge is 0.220 e. The van der Waals surface area contributed by atoms with Crippen LogP contribution in [0.3, 0.4) is 0 Å². The van der Waals surface area contributed by atoms with Crippen LogP contribution in [0.4, 0.5) is 0 Å². The molecular formula is C12H23NO3. The van der Waals surface area contributed by atoms with Crippen molar-refractivity contribution in [2.24, 2.45) is 0 Å². The van der Waals surface area contributed by atoms with Crippen LogP contribution in [-0.2, 0) is 9.53 Å². The molecule has 1 aliphatic carbocycles. The average molecular weight is 229 g/mol. The summed E-state index contributed by atoms with van der Waals surface area (Å²) < 4.78 is 5.35. The van der Waals surface area contributed by atoms with E-state index in [4.69, 9.17) is 4.74 Å². The average Bonchev–Trinajstić information content (AvgIpc) is 2.59. The summed E-state index contributed by atoms with van der Waals surface area (Å²) >= 11 is 0. The Hall–Kier alpha value is -0.610. The van der Waals surface area contributed by atoms with E-state index in [1.807, 2.05) is 13.8 Å². The Morgan fingerprint density at radius 2 is 2.25 bits per heavy atom. The first-order valence-corrected chi connectivity index (χ1v) is 6.18. The van der Waals surface area contributed by atoms with Gasteiger partial charge in [0.25, 0.3) is 0 Å². The van der Waals surface area contributed by atoms with Crippen molar-refractivity contribution in [2.75, 3.05) is 6.61 Å². The van der Waals surface area contributed by atoms with Gasteiger partial charge in [-0.25, -0.2) is 0 Å². The Bertz CT molecular complexity index is 218. The number of aliphatic hydroxyl groups is 1. The van der Waals surface area contributed by atoms with Crippen molar-refractivity contribution in [2.45, 2.75) is 64.2 Å². The number of hydrogen-bond donors (Lipinski definition) is 2. The highest BCUT2D eigenvalue weighted by molar-refractivity contribution is 5.76. The van der Waals surface area contributed by atoms with Gasteiger partial charge in [0, 0.05) is 13.0 Å². The molecule has 0 aliphatic heterocycles. The molecular weight excluding hydrogens is 206 g/mol. The van der Waals surface area contributed by atoms with E-state index in [2.05, 4.69) is 5.32 Å². The normalized spacial score (nSPS) is 25.0. The summed E-state index contributed by atoms with van der Waals surface area (Å²) in [6.07, 6.45) is 3.80. The number of hydrogen-bond acceptors (Lipinski definition) is 3. The zero-order valence-corrected chi connectivity index (χ0v) is 10.2. The third kappa shape index (κ3) is 4.94. The van der Waals surface area contributed by atoms with Crippen LogP contribution < -0.4 is 5.32 Å². The van der Waals surface area contributed by atoms with E-state index < -0.39 is 0 Å². The van der Waals surface area contributed by atoms with E-state index in [1.165, 1.54) is 0 Å². The van der Waals surface area contributed by atoms with Crippen molar-refractivity contribution in [3.8, 4) is 0 Å². The third-order valence-electron chi connectivity index (χ3n) is 2.83. The minimum absolute atomic E-state index is 0.0262. The zero-order valence-electron chi connectivity index (χ0n) is 10.2. The molecule has 1 rings (SSSR count). The van der Waals surface area contributed by atoms with Crippen LogP contribution in [0.25, 0.3) is 0 Å². The van der Waals surface area contributed by atoms with Crippen LogP contribution >= 0.6 is 0 Å². The first-order valence-electron chi connectivity index (χ1n) is 6.18. The fourth-order valence-corrected chi connectivity index (χ4v) is 1.94. The number of nitrogens with one attached hydrogen (secondary N) is 1. The number of carbonyl (C=O) groups excluding carboxylic acids is 1. The lowest BCUT2D eigenvalue weighted by atomic mass is 10.2. The van der Waals surface area contributed by atoms with E-state index in [0.29, 0.717) is 13.0 Å². The van der Waals surface area contributed by atoms with Crippen molar-refractivity contribution in [3.63, 3.8) is 0 Å². The van der Waals surface area contributed by atoms with Gasteiger partial charge in [0.05, 0.1) is 18.2 Å². The van der Waals surface area contributed by atoms with Gasteiger partial charge in [-0.05, 0) is 39.5 Å². The maximum absolute atomic E-state index is 11.5. The molecule has 0 radical (unpaired) electrons. The van der Waals surface area contributed by atoms with Crippen LogP contribution in [0.1, 0.15) is 46.0 Å². The molecule has 0 aromatic carbocycles. The third-order valence-corrected chi connectivity index (χ3v) is 2.83. The van der Waals surface area contributed by atoms with Gasteiger partial charge in [0.1, 0.15) is 0 Å². The van der Waals surface area contributed by atoms with E-state index in [1.54, 1.807) is 0 Å². The second-order valence-corrected chi connectivity index (χ2v) is 4.70. The molecule has 0 saturated heterocycles. The highest BCUT2D eigenvalue weighted by Crippen LogP contribution is 2.18. The Balaban J connectivity index is 2.06. The lowest BCUT2D eigenvalue weighted by Crippen LogP contribution is -2.39. The zero-order chi connectivity index (χ0) is 12.0. The Labute approximate surface area is 97.4 Å². The monoisotopic (exact) mass is 229 g/mol. The molecule has 0 spiro atoms. The highest BCUT2D eigenvalue weighted by atomic mass is 16.5. The van der Waals surface area contributed by atoms with Gasteiger partial charge in [-0.2, -0.15) is 0 Å². The topological polar surface area (TPSA) is 58.6 Å². The molecule has 4 heteroatoms. The van der Waals surface area contributed by atoms with Gasteiger partial charge in [0.2, 0.25) is 5.91 Å². The molecule has 2 atom stereocenters. The molecule has 1 aliphatic rings. The fourth-order valence-electron chi connectivity index (χ4n) is 1.94. The molecule has 0 heterocycles. The molecule has 0 aromatic heterocycles. The van der Waals surface area contributed by atoms with Gasteiger partial charge in [-0.3, -0.25) is 4.79 Å². The van der Waals surface area contributed by atoms with Crippen LogP contribution in [0.15, 0.2) is 0 Å². The van der Waals surface area contributed by atoms with Gasteiger partial charge >= 0.3 is 0 Å². The molecule has 16 heavy (non-hydrogen) atoms. The predicted octanol–water partition coefficient (Wildman–Crippen LogP) is 1.22. The van der Waals surface area contributed by atoms with Crippen LogP contribution in [0.2, 0.25) is 0 Å². The summed E-state index contributed by atoms with van der Waals surface area (Å²) in [6.45, 7) is 4.59. The Kier molecular flexibility index (Phi) is 5.77. The first kappa shape index (κ1) is 13.5.